The SMILES string of the molecule is Cc1ccc(S(=O)(=O)N2C(c3cccc(Br)c3)CC=C(C(=O)O)[C@@H]2c2cccc(Cl)c2)cc1. The molecule has 0 spiro atoms. The molecule has 1 heterocycles. The van der Waals surface area contributed by atoms with Crippen LogP contribution < -0.4 is 0 Å². The predicted octanol–water partition coefficient (Wildman–Crippen LogP) is 6.30. The molecule has 0 saturated carbocycles. The summed E-state index contributed by atoms with van der Waals surface area (Å²) in [6.45, 7) is 1.88. The third-order valence-electron chi connectivity index (χ3n) is 5.66. The number of carbonyl (C=O) groups is 1. The van der Waals surface area contributed by atoms with Crippen molar-refractivity contribution in [3.8, 4) is 0 Å². The first kappa shape index (κ1) is 23.7. The van der Waals surface area contributed by atoms with Gasteiger partial charge in [0, 0.05) is 9.50 Å². The summed E-state index contributed by atoms with van der Waals surface area (Å²) in [6, 6.07) is 19.0. The van der Waals surface area contributed by atoms with E-state index in [4.69, 9.17) is 11.6 Å². The lowest BCUT2D eigenvalue weighted by Gasteiger charge is -2.40. The van der Waals surface area contributed by atoms with Crippen LogP contribution in [0.4, 0.5) is 0 Å². The zero-order chi connectivity index (χ0) is 23.8. The zero-order valence-corrected chi connectivity index (χ0v) is 20.8. The van der Waals surface area contributed by atoms with Crippen LogP contribution in [0, 0.1) is 6.92 Å². The number of carboxylic acid groups (broad SMARTS) is 1. The van der Waals surface area contributed by atoms with Gasteiger partial charge in [-0.3, -0.25) is 0 Å². The van der Waals surface area contributed by atoms with Crippen molar-refractivity contribution in [1.82, 2.24) is 4.31 Å². The highest BCUT2D eigenvalue weighted by molar-refractivity contribution is 9.10. The van der Waals surface area contributed by atoms with E-state index in [1.165, 1.54) is 4.31 Å². The van der Waals surface area contributed by atoms with Crippen LogP contribution in [0.5, 0.6) is 0 Å². The van der Waals surface area contributed by atoms with Gasteiger partial charge in [-0.05, 0) is 60.9 Å². The number of sulfonamides is 1. The molecule has 1 aliphatic heterocycles. The van der Waals surface area contributed by atoms with Crippen molar-refractivity contribution in [3.05, 3.63) is 111 Å². The van der Waals surface area contributed by atoms with Crippen molar-refractivity contribution in [2.24, 2.45) is 0 Å². The Morgan fingerprint density at radius 1 is 1.03 bits per heavy atom. The van der Waals surface area contributed by atoms with E-state index in [1.54, 1.807) is 54.6 Å². The molecular formula is C25H21BrClNO4S. The molecule has 4 rings (SSSR count). The topological polar surface area (TPSA) is 74.7 Å². The fourth-order valence-corrected chi connectivity index (χ4v) is 6.51. The van der Waals surface area contributed by atoms with Crippen molar-refractivity contribution in [3.63, 3.8) is 0 Å². The van der Waals surface area contributed by atoms with Crippen molar-refractivity contribution < 1.29 is 18.3 Å². The molecular weight excluding hydrogens is 526 g/mol. The monoisotopic (exact) mass is 545 g/mol. The molecule has 0 aliphatic carbocycles. The average Bonchev–Trinajstić information content (AvgIpc) is 2.78. The van der Waals surface area contributed by atoms with Gasteiger partial charge in [-0.1, -0.05) is 75.6 Å². The molecule has 0 saturated heterocycles. The summed E-state index contributed by atoms with van der Waals surface area (Å²) >= 11 is 9.68. The van der Waals surface area contributed by atoms with E-state index in [9.17, 15) is 18.3 Å². The lowest BCUT2D eigenvalue weighted by molar-refractivity contribution is -0.133. The molecule has 2 atom stereocenters. The van der Waals surface area contributed by atoms with Crippen LogP contribution in [0.25, 0.3) is 0 Å². The number of hydrogen-bond acceptors (Lipinski definition) is 3. The van der Waals surface area contributed by atoms with Gasteiger partial charge in [0.15, 0.2) is 0 Å². The highest BCUT2D eigenvalue weighted by atomic mass is 79.9. The third kappa shape index (κ3) is 4.77. The van der Waals surface area contributed by atoms with Crippen LogP contribution in [0.1, 0.15) is 35.2 Å². The number of nitrogens with zero attached hydrogens (tertiary/aromatic N) is 1. The Kier molecular flexibility index (Phi) is 6.77. The van der Waals surface area contributed by atoms with E-state index in [-0.39, 0.29) is 16.9 Å². The number of aliphatic carboxylic acids is 1. The summed E-state index contributed by atoms with van der Waals surface area (Å²) in [4.78, 5) is 12.3. The van der Waals surface area contributed by atoms with E-state index in [1.807, 2.05) is 31.2 Å². The number of aryl methyl sites for hydroxylation is 1. The molecule has 1 unspecified atom stereocenters. The van der Waals surface area contributed by atoms with Crippen LogP contribution in [0.15, 0.2) is 93.8 Å². The van der Waals surface area contributed by atoms with Crippen LogP contribution in [-0.4, -0.2) is 23.8 Å². The molecule has 3 aromatic rings. The number of carboxylic acids is 1. The van der Waals surface area contributed by atoms with Gasteiger partial charge < -0.3 is 5.11 Å². The summed E-state index contributed by atoms with van der Waals surface area (Å²) in [7, 11) is -4.09. The maximum Gasteiger partial charge on any atom is 0.333 e. The van der Waals surface area contributed by atoms with Gasteiger partial charge in [0.1, 0.15) is 0 Å². The lowest BCUT2D eigenvalue weighted by atomic mass is 9.89. The minimum absolute atomic E-state index is 0.000741. The van der Waals surface area contributed by atoms with Crippen LogP contribution >= 0.6 is 27.5 Å². The smallest absolute Gasteiger partial charge is 0.333 e. The molecule has 0 amide bonds. The van der Waals surface area contributed by atoms with Crippen molar-refractivity contribution in [2.45, 2.75) is 30.3 Å². The van der Waals surface area contributed by atoms with Gasteiger partial charge in [-0.2, -0.15) is 4.31 Å². The van der Waals surface area contributed by atoms with Gasteiger partial charge in [0.25, 0.3) is 0 Å². The fraction of sp³-hybridized carbons (Fsp3) is 0.160. The minimum atomic E-state index is -4.09. The van der Waals surface area contributed by atoms with Gasteiger partial charge >= 0.3 is 5.97 Å². The van der Waals surface area contributed by atoms with Gasteiger partial charge in [0.05, 0.1) is 22.6 Å². The predicted molar refractivity (Wildman–Crippen MR) is 132 cm³/mol. The van der Waals surface area contributed by atoms with Gasteiger partial charge in [0.2, 0.25) is 10.0 Å². The van der Waals surface area contributed by atoms with E-state index in [0.717, 1.165) is 15.6 Å². The second-order valence-corrected chi connectivity index (χ2v) is 11.1. The lowest BCUT2D eigenvalue weighted by Crippen LogP contribution is -2.42. The molecule has 170 valence electrons. The summed E-state index contributed by atoms with van der Waals surface area (Å²) in [5, 5.41) is 10.4. The summed E-state index contributed by atoms with van der Waals surface area (Å²) in [6.07, 6.45) is 1.83. The van der Waals surface area contributed by atoms with Crippen LogP contribution in [0.2, 0.25) is 5.02 Å². The summed E-state index contributed by atoms with van der Waals surface area (Å²) < 4.78 is 30.2. The molecule has 0 bridgehead atoms. The molecule has 5 nitrogen and oxygen atoms in total. The zero-order valence-electron chi connectivity index (χ0n) is 17.7. The van der Waals surface area contributed by atoms with E-state index in [0.29, 0.717) is 10.6 Å². The van der Waals surface area contributed by atoms with Crippen molar-refractivity contribution in [1.29, 1.82) is 0 Å². The van der Waals surface area contributed by atoms with E-state index >= 15 is 0 Å². The molecule has 3 aromatic carbocycles. The molecule has 0 fully saturated rings. The Labute approximate surface area is 206 Å². The second kappa shape index (κ2) is 9.43. The fourth-order valence-electron chi connectivity index (χ4n) is 4.11. The minimum Gasteiger partial charge on any atom is -0.478 e. The Hall–Kier alpha value is -2.45. The standard InChI is InChI=1S/C25H21BrClNO4S/c1-16-8-10-21(11-9-16)33(31,32)28-23(17-4-2-6-19(26)14-17)13-12-22(25(29)30)24(28)18-5-3-7-20(27)15-18/h2-12,14-15,23-24H,13H2,1H3,(H,29,30)/t23?,24-/m0/s1. The maximum atomic E-state index is 14.1. The quantitative estimate of drug-likeness (QED) is 0.408. The van der Waals surface area contributed by atoms with Gasteiger partial charge in [-0.25, -0.2) is 13.2 Å². The molecule has 1 aliphatic rings. The summed E-state index contributed by atoms with van der Waals surface area (Å²) in [5.74, 6) is -1.17. The molecule has 8 heteroatoms. The van der Waals surface area contributed by atoms with Gasteiger partial charge in [-0.15, -0.1) is 0 Å². The molecule has 0 radical (unpaired) electrons. The first-order valence-electron chi connectivity index (χ1n) is 10.2. The first-order chi connectivity index (χ1) is 15.7. The summed E-state index contributed by atoms with van der Waals surface area (Å²) in [5.41, 5.74) is 2.17. The second-order valence-electron chi connectivity index (χ2n) is 7.88. The highest BCUT2D eigenvalue weighted by Gasteiger charge is 2.44. The van der Waals surface area contributed by atoms with Crippen LogP contribution in [0.3, 0.4) is 0 Å². The maximum absolute atomic E-state index is 14.1. The van der Waals surface area contributed by atoms with Crippen molar-refractivity contribution >= 4 is 43.5 Å². The largest absolute Gasteiger partial charge is 0.478 e. The highest BCUT2D eigenvalue weighted by Crippen LogP contribution is 2.46. The van der Waals surface area contributed by atoms with Crippen molar-refractivity contribution in [2.75, 3.05) is 0 Å². The Morgan fingerprint density at radius 3 is 2.33 bits per heavy atom. The van der Waals surface area contributed by atoms with E-state index < -0.39 is 28.1 Å². The molecule has 1 N–H and O–H groups in total. The first-order valence-corrected chi connectivity index (χ1v) is 12.8. The van der Waals surface area contributed by atoms with E-state index in [2.05, 4.69) is 15.9 Å². The Morgan fingerprint density at radius 2 is 1.70 bits per heavy atom. The molecule has 33 heavy (non-hydrogen) atoms. The number of halogens is 2. The number of hydrogen-bond donors (Lipinski definition) is 1. The normalized spacial score (nSPS) is 19.2. The Bertz CT molecular complexity index is 1340. The third-order valence-corrected chi connectivity index (χ3v) is 8.28. The number of benzene rings is 3. The number of rotatable bonds is 5. The van der Waals surface area contributed by atoms with Crippen LogP contribution in [-0.2, 0) is 14.8 Å². The Balaban J connectivity index is 1.98. The average molecular weight is 547 g/mol. The molecule has 0 aromatic heterocycles.